The van der Waals surface area contributed by atoms with E-state index in [1.165, 1.54) is 37.7 Å². The van der Waals surface area contributed by atoms with Crippen molar-refractivity contribution in [1.29, 1.82) is 0 Å². The van der Waals surface area contributed by atoms with E-state index in [0.29, 0.717) is 0 Å². The van der Waals surface area contributed by atoms with Gasteiger partial charge >= 0.3 is 0 Å². The fraction of sp³-hybridized carbons (Fsp3) is 0.846. The fourth-order valence-corrected chi connectivity index (χ4v) is 4.27. The lowest BCUT2D eigenvalue weighted by Crippen LogP contribution is -2.33. The monoisotopic (exact) mass is 242 g/mol. The molecule has 2 nitrogen and oxygen atoms in total. The Kier molecular flexibility index (Phi) is 4.45. The highest BCUT2D eigenvalue weighted by atomic mass is 32.2. The van der Waals surface area contributed by atoms with Gasteiger partial charge in [0.05, 0.1) is 11.5 Å². The van der Waals surface area contributed by atoms with Gasteiger partial charge in [-0.25, -0.2) is 0 Å². The quantitative estimate of drug-likeness (QED) is 0.711. The molecular formula is C13H22O2S. The number of rotatable bonds is 3. The third-order valence-corrected chi connectivity index (χ3v) is 5.63. The van der Waals surface area contributed by atoms with Crippen molar-refractivity contribution >= 4 is 10.8 Å². The molecule has 3 unspecified atom stereocenters. The van der Waals surface area contributed by atoms with Crippen LogP contribution in [-0.2, 0) is 15.5 Å². The Hall–Kier alpha value is -0.310. The molecule has 0 spiro atoms. The molecule has 1 aliphatic carbocycles. The standard InChI is InChI=1S/C13H22O2S/c1-11(13-8-4-5-9-16(13)14)15-10-12-6-2-3-7-12/h10-11,13H,2-9H2,1H3. The fourth-order valence-electron chi connectivity index (χ4n) is 2.56. The van der Waals surface area contributed by atoms with E-state index in [2.05, 4.69) is 6.92 Å². The van der Waals surface area contributed by atoms with Crippen LogP contribution in [0.15, 0.2) is 11.8 Å². The molecule has 1 saturated carbocycles. The van der Waals surface area contributed by atoms with Crippen LogP contribution >= 0.6 is 0 Å². The summed E-state index contributed by atoms with van der Waals surface area (Å²) < 4.78 is 17.6. The van der Waals surface area contributed by atoms with Gasteiger partial charge in [-0.05, 0) is 51.0 Å². The van der Waals surface area contributed by atoms with Gasteiger partial charge in [-0.1, -0.05) is 6.42 Å². The van der Waals surface area contributed by atoms with Crippen LogP contribution in [-0.4, -0.2) is 21.3 Å². The van der Waals surface area contributed by atoms with Gasteiger partial charge in [-0.2, -0.15) is 0 Å². The minimum atomic E-state index is -0.665. The van der Waals surface area contributed by atoms with Crippen molar-refractivity contribution in [3.05, 3.63) is 11.8 Å². The van der Waals surface area contributed by atoms with Crippen molar-refractivity contribution in [2.45, 2.75) is 63.2 Å². The summed E-state index contributed by atoms with van der Waals surface area (Å²) in [5.74, 6) is 0.870. The van der Waals surface area contributed by atoms with Crippen LogP contribution in [0.3, 0.4) is 0 Å². The maximum Gasteiger partial charge on any atom is 0.109 e. The van der Waals surface area contributed by atoms with Gasteiger partial charge in [0, 0.05) is 16.6 Å². The molecule has 0 radical (unpaired) electrons. The minimum absolute atomic E-state index is 0.120. The van der Waals surface area contributed by atoms with Crippen LogP contribution in [0.25, 0.3) is 0 Å². The third-order valence-electron chi connectivity index (χ3n) is 3.64. The summed E-state index contributed by atoms with van der Waals surface area (Å²) in [6, 6.07) is 0. The summed E-state index contributed by atoms with van der Waals surface area (Å²) in [7, 11) is -0.665. The van der Waals surface area contributed by atoms with E-state index in [1.54, 1.807) is 0 Å². The number of hydrogen-bond donors (Lipinski definition) is 0. The predicted molar refractivity (Wildman–Crippen MR) is 67.7 cm³/mol. The van der Waals surface area contributed by atoms with Crippen LogP contribution in [0.5, 0.6) is 0 Å². The van der Waals surface area contributed by atoms with Crippen molar-refractivity contribution < 1.29 is 8.95 Å². The van der Waals surface area contributed by atoms with Gasteiger partial charge in [-0.3, -0.25) is 4.21 Å². The first-order chi connectivity index (χ1) is 7.77. The van der Waals surface area contributed by atoms with Crippen LogP contribution < -0.4 is 0 Å². The molecule has 0 aromatic rings. The van der Waals surface area contributed by atoms with Gasteiger partial charge < -0.3 is 4.74 Å². The third kappa shape index (κ3) is 3.09. The SMILES string of the molecule is CC(OC=C1CCCC1)C1CCCCS1=O. The number of allylic oxidation sites excluding steroid dienone is 1. The molecule has 1 heterocycles. The molecule has 0 aromatic carbocycles. The highest BCUT2D eigenvalue weighted by Crippen LogP contribution is 2.25. The van der Waals surface area contributed by atoms with Crippen LogP contribution in [0.2, 0.25) is 0 Å². The smallest absolute Gasteiger partial charge is 0.109 e. The van der Waals surface area contributed by atoms with Crippen molar-refractivity contribution in [3.8, 4) is 0 Å². The average molecular weight is 242 g/mol. The summed E-state index contributed by atoms with van der Waals surface area (Å²) in [5.41, 5.74) is 1.44. The zero-order valence-electron chi connectivity index (χ0n) is 10.1. The molecular weight excluding hydrogens is 220 g/mol. The summed E-state index contributed by atoms with van der Waals surface area (Å²) in [5, 5.41) is 0.256. The highest BCUT2D eigenvalue weighted by Gasteiger charge is 2.27. The predicted octanol–water partition coefficient (Wildman–Crippen LogP) is 3.15. The lowest BCUT2D eigenvalue weighted by molar-refractivity contribution is 0.150. The maximum absolute atomic E-state index is 11.8. The van der Waals surface area contributed by atoms with Crippen molar-refractivity contribution in [2.75, 3.05) is 5.75 Å². The zero-order chi connectivity index (χ0) is 11.4. The van der Waals surface area contributed by atoms with Crippen LogP contribution in [0.4, 0.5) is 0 Å². The molecule has 3 heteroatoms. The summed E-state index contributed by atoms with van der Waals surface area (Å²) >= 11 is 0. The zero-order valence-corrected chi connectivity index (χ0v) is 10.9. The van der Waals surface area contributed by atoms with E-state index in [0.717, 1.165) is 18.6 Å². The Labute approximate surface area is 101 Å². The molecule has 2 aliphatic rings. The second kappa shape index (κ2) is 5.85. The molecule has 1 aliphatic heterocycles. The molecule has 3 atom stereocenters. The first-order valence-corrected chi connectivity index (χ1v) is 7.86. The first kappa shape index (κ1) is 12.2. The van der Waals surface area contributed by atoms with E-state index in [-0.39, 0.29) is 11.4 Å². The molecule has 0 amide bonds. The molecule has 0 bridgehead atoms. The van der Waals surface area contributed by atoms with Gasteiger partial charge in [-0.15, -0.1) is 0 Å². The molecule has 2 rings (SSSR count). The second-order valence-electron chi connectivity index (χ2n) is 4.94. The van der Waals surface area contributed by atoms with Crippen LogP contribution in [0.1, 0.15) is 51.9 Å². The Morgan fingerprint density at radius 2 is 2.06 bits per heavy atom. The Morgan fingerprint density at radius 3 is 2.75 bits per heavy atom. The normalized spacial score (nSPS) is 32.4. The van der Waals surface area contributed by atoms with Crippen molar-refractivity contribution in [2.24, 2.45) is 0 Å². The van der Waals surface area contributed by atoms with Gasteiger partial charge in [0.15, 0.2) is 0 Å². The lowest BCUT2D eigenvalue weighted by atomic mass is 10.1. The average Bonchev–Trinajstić information content (AvgIpc) is 2.79. The molecule has 16 heavy (non-hydrogen) atoms. The van der Waals surface area contributed by atoms with E-state index in [9.17, 15) is 4.21 Å². The number of ether oxygens (including phenoxy) is 1. The summed E-state index contributed by atoms with van der Waals surface area (Å²) in [6.07, 6.45) is 10.5. The molecule has 2 fully saturated rings. The summed E-state index contributed by atoms with van der Waals surface area (Å²) in [6.45, 7) is 2.07. The second-order valence-corrected chi connectivity index (χ2v) is 6.72. The summed E-state index contributed by atoms with van der Waals surface area (Å²) in [4.78, 5) is 0. The Balaban J connectivity index is 1.84. The van der Waals surface area contributed by atoms with E-state index >= 15 is 0 Å². The Bertz CT molecular complexity index is 278. The van der Waals surface area contributed by atoms with Gasteiger partial charge in [0.25, 0.3) is 0 Å². The maximum atomic E-state index is 11.8. The molecule has 0 aromatic heterocycles. The van der Waals surface area contributed by atoms with Crippen LogP contribution in [0, 0.1) is 0 Å². The van der Waals surface area contributed by atoms with Gasteiger partial charge in [0.2, 0.25) is 0 Å². The Morgan fingerprint density at radius 1 is 1.31 bits per heavy atom. The van der Waals surface area contributed by atoms with E-state index in [4.69, 9.17) is 4.74 Å². The van der Waals surface area contributed by atoms with E-state index in [1.807, 2.05) is 6.26 Å². The number of hydrogen-bond acceptors (Lipinski definition) is 2. The van der Waals surface area contributed by atoms with E-state index < -0.39 is 10.8 Å². The molecule has 0 N–H and O–H groups in total. The van der Waals surface area contributed by atoms with Gasteiger partial charge in [0.1, 0.15) is 6.10 Å². The first-order valence-electron chi connectivity index (χ1n) is 6.48. The lowest BCUT2D eigenvalue weighted by Gasteiger charge is -2.26. The molecule has 92 valence electrons. The largest absolute Gasteiger partial charge is 0.497 e. The highest BCUT2D eigenvalue weighted by molar-refractivity contribution is 7.85. The van der Waals surface area contributed by atoms with Crippen molar-refractivity contribution in [1.82, 2.24) is 0 Å². The topological polar surface area (TPSA) is 26.3 Å². The minimum Gasteiger partial charge on any atom is -0.497 e. The molecule has 1 saturated heterocycles. The van der Waals surface area contributed by atoms with Crippen molar-refractivity contribution in [3.63, 3.8) is 0 Å².